The second-order valence-electron chi connectivity index (χ2n) is 6.68. The molecule has 0 spiro atoms. The van der Waals surface area contributed by atoms with Crippen LogP contribution in [0, 0.1) is 0 Å². The highest BCUT2D eigenvalue weighted by Crippen LogP contribution is 2.23. The standard InChI is InChI=1S/C18H23N3O5S2/c1-4-12-7-8-13-15(10-12)27-18(20(13)11-16(22)26-2)19-17(23)14-6-5-9-21(14)28(3,24)25/h7-8,10,14H,4-6,9,11H2,1-3H3. The number of benzene rings is 1. The van der Waals surface area contributed by atoms with Crippen molar-refractivity contribution < 1.29 is 22.7 Å². The maximum absolute atomic E-state index is 12.8. The highest BCUT2D eigenvalue weighted by atomic mass is 32.2. The SMILES string of the molecule is CCc1ccc2c(c1)sc(=NC(=O)C1CCCN1S(C)(=O)=O)n2CC(=O)OC. The van der Waals surface area contributed by atoms with Gasteiger partial charge in [0.1, 0.15) is 12.6 Å². The smallest absolute Gasteiger partial charge is 0.325 e. The molecular formula is C18H23N3O5S2. The summed E-state index contributed by atoms with van der Waals surface area (Å²) in [6.45, 7) is 2.29. The number of amides is 1. The zero-order valence-corrected chi connectivity index (χ0v) is 17.7. The fourth-order valence-corrected chi connectivity index (χ4v) is 5.54. The van der Waals surface area contributed by atoms with Crippen LogP contribution in [0.4, 0.5) is 0 Å². The van der Waals surface area contributed by atoms with E-state index in [1.165, 1.54) is 22.8 Å². The molecule has 1 amide bonds. The van der Waals surface area contributed by atoms with E-state index in [9.17, 15) is 18.0 Å². The number of hydrogen-bond donors (Lipinski definition) is 0. The number of aromatic nitrogens is 1. The van der Waals surface area contributed by atoms with Gasteiger partial charge in [0.05, 0.1) is 23.6 Å². The Kier molecular flexibility index (Phi) is 6.01. The van der Waals surface area contributed by atoms with Crippen LogP contribution in [0.15, 0.2) is 23.2 Å². The fourth-order valence-electron chi connectivity index (χ4n) is 3.32. The molecule has 0 saturated carbocycles. The normalized spacial score (nSPS) is 18.7. The summed E-state index contributed by atoms with van der Waals surface area (Å²) in [5, 5.41) is 0. The third-order valence-electron chi connectivity index (χ3n) is 4.79. The van der Waals surface area contributed by atoms with Crippen molar-refractivity contribution >= 4 is 43.5 Å². The monoisotopic (exact) mass is 425 g/mol. The lowest BCUT2D eigenvalue weighted by molar-refractivity contribution is -0.141. The van der Waals surface area contributed by atoms with Gasteiger partial charge in [-0.1, -0.05) is 24.3 Å². The molecule has 152 valence electrons. The van der Waals surface area contributed by atoms with Gasteiger partial charge in [-0.3, -0.25) is 9.59 Å². The first-order valence-corrected chi connectivity index (χ1v) is 11.7. The highest BCUT2D eigenvalue weighted by molar-refractivity contribution is 7.88. The number of fused-ring (bicyclic) bond motifs is 1. The third kappa shape index (κ3) is 4.18. The van der Waals surface area contributed by atoms with Crippen LogP contribution < -0.4 is 4.80 Å². The summed E-state index contributed by atoms with van der Waals surface area (Å²) in [5.41, 5.74) is 1.92. The quantitative estimate of drug-likeness (QED) is 0.673. The average Bonchev–Trinajstić information content (AvgIpc) is 3.26. The van der Waals surface area contributed by atoms with Crippen molar-refractivity contribution in [1.82, 2.24) is 8.87 Å². The molecule has 28 heavy (non-hydrogen) atoms. The third-order valence-corrected chi connectivity index (χ3v) is 7.12. The van der Waals surface area contributed by atoms with E-state index in [0.717, 1.165) is 28.5 Å². The molecule has 1 atom stereocenters. The number of nitrogens with zero attached hydrogens (tertiary/aromatic N) is 3. The predicted octanol–water partition coefficient (Wildman–Crippen LogP) is 1.29. The van der Waals surface area contributed by atoms with E-state index >= 15 is 0 Å². The molecule has 2 aromatic rings. The van der Waals surface area contributed by atoms with Gasteiger partial charge in [0.2, 0.25) is 10.0 Å². The molecule has 1 aromatic heterocycles. The van der Waals surface area contributed by atoms with E-state index < -0.39 is 27.9 Å². The molecule has 0 N–H and O–H groups in total. The maximum Gasteiger partial charge on any atom is 0.325 e. The molecule has 1 aliphatic rings. The number of hydrogen-bond acceptors (Lipinski definition) is 6. The van der Waals surface area contributed by atoms with Gasteiger partial charge in [-0.15, -0.1) is 0 Å². The predicted molar refractivity (Wildman–Crippen MR) is 106 cm³/mol. The minimum absolute atomic E-state index is 0.0749. The van der Waals surface area contributed by atoms with E-state index in [-0.39, 0.29) is 6.54 Å². The Morgan fingerprint density at radius 2 is 2.11 bits per heavy atom. The van der Waals surface area contributed by atoms with Crippen molar-refractivity contribution in [3.63, 3.8) is 0 Å². The Labute approximate surface area is 167 Å². The molecule has 1 aromatic carbocycles. The largest absolute Gasteiger partial charge is 0.468 e. The van der Waals surface area contributed by atoms with Gasteiger partial charge in [-0.05, 0) is 37.0 Å². The molecule has 1 fully saturated rings. The number of sulfonamides is 1. The van der Waals surface area contributed by atoms with Gasteiger partial charge in [0.15, 0.2) is 4.80 Å². The van der Waals surface area contributed by atoms with Gasteiger partial charge in [-0.2, -0.15) is 9.30 Å². The van der Waals surface area contributed by atoms with E-state index in [0.29, 0.717) is 24.2 Å². The molecule has 10 heteroatoms. The summed E-state index contributed by atoms with van der Waals surface area (Å²) in [5.74, 6) is -0.962. The van der Waals surface area contributed by atoms with E-state index in [2.05, 4.69) is 4.99 Å². The van der Waals surface area contributed by atoms with Crippen molar-refractivity contribution in [2.45, 2.75) is 38.8 Å². The first kappa shape index (κ1) is 20.7. The minimum Gasteiger partial charge on any atom is -0.468 e. The fraction of sp³-hybridized carbons (Fsp3) is 0.500. The van der Waals surface area contributed by atoms with Gasteiger partial charge >= 0.3 is 5.97 Å². The first-order valence-electron chi connectivity index (χ1n) is 8.99. The molecular weight excluding hydrogens is 402 g/mol. The molecule has 0 bridgehead atoms. The first-order chi connectivity index (χ1) is 13.2. The van der Waals surface area contributed by atoms with Gasteiger partial charge in [0, 0.05) is 6.54 Å². The number of ether oxygens (including phenoxy) is 1. The Balaban J connectivity index is 2.08. The van der Waals surface area contributed by atoms with Crippen molar-refractivity contribution in [3.05, 3.63) is 28.6 Å². The Hall–Kier alpha value is -2.04. The molecule has 1 aliphatic heterocycles. The number of aryl methyl sites for hydroxylation is 1. The topological polar surface area (TPSA) is 98.0 Å². The summed E-state index contributed by atoms with van der Waals surface area (Å²) in [6.07, 6.45) is 3.02. The summed E-state index contributed by atoms with van der Waals surface area (Å²) in [6, 6.07) is 5.08. The lowest BCUT2D eigenvalue weighted by Gasteiger charge is -2.18. The molecule has 0 aliphatic carbocycles. The number of methoxy groups -OCH3 is 1. The Morgan fingerprint density at radius 3 is 2.75 bits per heavy atom. The van der Waals surface area contributed by atoms with Crippen LogP contribution in [-0.2, 0) is 37.3 Å². The summed E-state index contributed by atoms with van der Waals surface area (Å²) < 4.78 is 32.4. The van der Waals surface area contributed by atoms with E-state index in [4.69, 9.17) is 4.74 Å². The van der Waals surface area contributed by atoms with Crippen LogP contribution in [0.5, 0.6) is 0 Å². The van der Waals surface area contributed by atoms with Crippen LogP contribution in [0.2, 0.25) is 0 Å². The van der Waals surface area contributed by atoms with Gasteiger partial charge in [0.25, 0.3) is 5.91 Å². The highest BCUT2D eigenvalue weighted by Gasteiger charge is 2.36. The zero-order chi connectivity index (χ0) is 20.5. The van der Waals surface area contributed by atoms with Crippen molar-refractivity contribution in [3.8, 4) is 0 Å². The average molecular weight is 426 g/mol. The van der Waals surface area contributed by atoms with Crippen LogP contribution >= 0.6 is 11.3 Å². The molecule has 1 saturated heterocycles. The molecule has 3 rings (SSSR count). The molecule has 0 radical (unpaired) electrons. The summed E-state index contributed by atoms with van der Waals surface area (Å²) >= 11 is 1.30. The lowest BCUT2D eigenvalue weighted by atomic mass is 10.2. The van der Waals surface area contributed by atoms with E-state index in [1.54, 1.807) is 4.57 Å². The molecule has 1 unspecified atom stereocenters. The molecule has 8 nitrogen and oxygen atoms in total. The minimum atomic E-state index is -3.48. The second-order valence-corrected chi connectivity index (χ2v) is 9.63. The van der Waals surface area contributed by atoms with Crippen LogP contribution in [0.3, 0.4) is 0 Å². The zero-order valence-electron chi connectivity index (χ0n) is 16.0. The number of rotatable bonds is 5. The van der Waals surface area contributed by atoms with Crippen LogP contribution in [0.1, 0.15) is 25.3 Å². The maximum atomic E-state index is 12.8. The van der Waals surface area contributed by atoms with Crippen molar-refractivity contribution in [2.75, 3.05) is 19.9 Å². The lowest BCUT2D eigenvalue weighted by Crippen LogP contribution is -2.40. The number of carbonyl (C=O) groups excluding carboxylic acids is 2. The van der Waals surface area contributed by atoms with Crippen molar-refractivity contribution in [1.29, 1.82) is 0 Å². The Morgan fingerprint density at radius 1 is 1.36 bits per heavy atom. The van der Waals surface area contributed by atoms with Gasteiger partial charge in [-0.25, -0.2) is 8.42 Å². The Bertz CT molecular complexity index is 1080. The van der Waals surface area contributed by atoms with Crippen molar-refractivity contribution in [2.24, 2.45) is 4.99 Å². The van der Waals surface area contributed by atoms with Crippen LogP contribution in [0.25, 0.3) is 10.2 Å². The van der Waals surface area contributed by atoms with Gasteiger partial charge < -0.3 is 9.30 Å². The van der Waals surface area contributed by atoms with Crippen LogP contribution in [-0.4, -0.2) is 55.1 Å². The number of esters is 1. The molecule has 2 heterocycles. The van der Waals surface area contributed by atoms with E-state index in [1.807, 2.05) is 25.1 Å². The summed E-state index contributed by atoms with van der Waals surface area (Å²) in [7, 11) is -2.18. The number of carbonyl (C=O) groups is 2. The summed E-state index contributed by atoms with van der Waals surface area (Å²) in [4.78, 5) is 29.2. The second kappa shape index (κ2) is 8.14. The number of thiazole rings is 1.